The van der Waals surface area contributed by atoms with E-state index in [2.05, 4.69) is 60.9 Å². The van der Waals surface area contributed by atoms with Gasteiger partial charge in [-0.05, 0) is 54.3 Å². The highest BCUT2D eigenvalue weighted by Gasteiger charge is 2.06. The Kier molecular flexibility index (Phi) is 6.55. The molecule has 3 aromatic carbocycles. The van der Waals surface area contributed by atoms with Gasteiger partial charge in [0.15, 0.2) is 0 Å². The number of para-hydroxylation sites is 1. The zero-order chi connectivity index (χ0) is 17.3. The fourth-order valence-corrected chi connectivity index (χ4v) is 3.82. The average molecular weight is 362 g/mol. The first-order valence-corrected chi connectivity index (χ1v) is 9.76. The van der Waals surface area contributed by atoms with Crippen molar-refractivity contribution in [2.45, 2.75) is 16.7 Å². The molecule has 25 heavy (non-hydrogen) atoms. The van der Waals surface area contributed by atoms with Crippen LogP contribution in [0.25, 0.3) is 0 Å². The van der Waals surface area contributed by atoms with Crippen molar-refractivity contribution in [1.29, 1.82) is 0 Å². The van der Waals surface area contributed by atoms with Crippen molar-refractivity contribution in [3.8, 4) is 0 Å². The van der Waals surface area contributed by atoms with E-state index in [9.17, 15) is 0 Å². The van der Waals surface area contributed by atoms with Crippen LogP contribution in [0.15, 0.2) is 117 Å². The van der Waals surface area contributed by atoms with Crippen LogP contribution in [0.5, 0.6) is 0 Å². The molecule has 0 fully saturated rings. The Morgan fingerprint density at radius 3 is 1.84 bits per heavy atom. The lowest BCUT2D eigenvalue weighted by Gasteiger charge is -2.08. The molecule has 0 aromatic heterocycles. The molecule has 0 aliphatic rings. The van der Waals surface area contributed by atoms with Gasteiger partial charge in [0.05, 0.1) is 5.69 Å². The number of nitrogens with zero attached hydrogens (tertiary/aromatic N) is 1. The molecule has 0 heterocycles. The van der Waals surface area contributed by atoms with E-state index >= 15 is 0 Å². The van der Waals surface area contributed by atoms with Gasteiger partial charge in [-0.15, -0.1) is 0 Å². The third kappa shape index (κ3) is 5.66. The lowest BCUT2D eigenvalue weighted by Crippen LogP contribution is -1.94. The van der Waals surface area contributed by atoms with Gasteiger partial charge in [0.1, 0.15) is 5.04 Å². The quantitative estimate of drug-likeness (QED) is 0.270. The van der Waals surface area contributed by atoms with Crippen molar-refractivity contribution < 1.29 is 0 Å². The molecule has 0 unspecified atom stereocenters. The van der Waals surface area contributed by atoms with Crippen molar-refractivity contribution in [2.24, 2.45) is 4.99 Å². The summed E-state index contributed by atoms with van der Waals surface area (Å²) in [7, 11) is 0. The van der Waals surface area contributed by atoms with Crippen molar-refractivity contribution in [2.75, 3.05) is 0 Å². The summed E-state index contributed by atoms with van der Waals surface area (Å²) < 4.78 is 0. The third-order valence-corrected chi connectivity index (χ3v) is 5.53. The second-order valence-corrected chi connectivity index (χ2v) is 7.40. The summed E-state index contributed by atoms with van der Waals surface area (Å²) in [5, 5.41) is 3.19. The van der Waals surface area contributed by atoms with E-state index in [0.717, 1.165) is 16.3 Å². The van der Waals surface area contributed by atoms with E-state index in [4.69, 9.17) is 4.99 Å². The summed E-state index contributed by atoms with van der Waals surface area (Å²) in [5.74, 6) is 0. The Labute approximate surface area is 157 Å². The molecule has 0 N–H and O–H groups in total. The Morgan fingerprint density at radius 2 is 1.24 bits per heavy atom. The summed E-state index contributed by atoms with van der Waals surface area (Å²) in [6.45, 7) is 2.12. The zero-order valence-corrected chi connectivity index (χ0v) is 15.6. The van der Waals surface area contributed by atoms with E-state index in [1.54, 1.807) is 23.5 Å². The van der Waals surface area contributed by atoms with Crippen molar-refractivity contribution in [1.82, 2.24) is 0 Å². The first-order valence-electron chi connectivity index (χ1n) is 8.07. The molecule has 1 nitrogen and oxygen atoms in total. The Hall–Kier alpha value is -2.23. The Morgan fingerprint density at radius 1 is 0.720 bits per heavy atom. The largest absolute Gasteiger partial charge is 0.241 e. The molecule has 0 bridgehead atoms. The topological polar surface area (TPSA) is 12.4 Å². The van der Waals surface area contributed by atoms with Crippen molar-refractivity contribution in [3.63, 3.8) is 0 Å². The van der Waals surface area contributed by atoms with Gasteiger partial charge in [-0.25, -0.2) is 4.99 Å². The van der Waals surface area contributed by atoms with Gasteiger partial charge >= 0.3 is 0 Å². The van der Waals surface area contributed by atoms with Crippen LogP contribution in [-0.2, 0) is 0 Å². The predicted octanol–water partition coefficient (Wildman–Crippen LogP) is 7.21. The standard InChI is InChI=1S/C22H19NS2/c1-18(17-24-20-13-7-3-8-14-20)22(23-19-11-5-2-6-12-19)25-21-15-9-4-10-16-21/h2-17H,1H3. The first-order chi connectivity index (χ1) is 12.3. The fourth-order valence-electron chi connectivity index (χ4n) is 2.12. The molecule has 124 valence electrons. The van der Waals surface area contributed by atoms with Gasteiger partial charge in [0.25, 0.3) is 0 Å². The van der Waals surface area contributed by atoms with Gasteiger partial charge in [-0.3, -0.25) is 0 Å². The highest BCUT2D eigenvalue weighted by atomic mass is 32.2. The highest BCUT2D eigenvalue weighted by molar-refractivity contribution is 8.14. The highest BCUT2D eigenvalue weighted by Crippen LogP contribution is 2.29. The van der Waals surface area contributed by atoms with Crippen molar-refractivity contribution >= 4 is 34.3 Å². The molecule has 3 rings (SSSR count). The number of hydrogen-bond donors (Lipinski definition) is 0. The van der Waals surface area contributed by atoms with E-state index in [1.165, 1.54) is 9.79 Å². The van der Waals surface area contributed by atoms with Gasteiger partial charge in [0.2, 0.25) is 0 Å². The van der Waals surface area contributed by atoms with Crippen LogP contribution in [0, 0.1) is 0 Å². The second-order valence-electron chi connectivity index (χ2n) is 5.40. The van der Waals surface area contributed by atoms with E-state index in [0.29, 0.717) is 0 Å². The minimum absolute atomic E-state index is 0.971. The van der Waals surface area contributed by atoms with Crippen LogP contribution in [0.3, 0.4) is 0 Å². The van der Waals surface area contributed by atoms with E-state index < -0.39 is 0 Å². The van der Waals surface area contributed by atoms with Crippen LogP contribution in [-0.4, -0.2) is 5.04 Å². The minimum atomic E-state index is 0.971. The molecule has 3 aromatic rings. The maximum Gasteiger partial charge on any atom is 0.105 e. The molecule has 0 atom stereocenters. The Balaban J connectivity index is 1.86. The lowest BCUT2D eigenvalue weighted by atomic mass is 10.3. The lowest BCUT2D eigenvalue weighted by molar-refractivity contribution is 1.46. The monoisotopic (exact) mass is 361 g/mol. The third-order valence-electron chi connectivity index (χ3n) is 3.40. The molecule has 0 spiro atoms. The van der Waals surface area contributed by atoms with Crippen LogP contribution >= 0.6 is 23.5 Å². The number of benzene rings is 3. The second kappa shape index (κ2) is 9.30. The van der Waals surface area contributed by atoms with Crippen LogP contribution in [0.1, 0.15) is 6.92 Å². The molecule has 0 saturated heterocycles. The summed E-state index contributed by atoms with van der Waals surface area (Å²) >= 11 is 3.42. The molecular weight excluding hydrogens is 342 g/mol. The summed E-state index contributed by atoms with van der Waals surface area (Å²) in [5.41, 5.74) is 2.13. The first kappa shape index (κ1) is 17.6. The van der Waals surface area contributed by atoms with E-state index in [-0.39, 0.29) is 0 Å². The van der Waals surface area contributed by atoms with Crippen LogP contribution in [0.2, 0.25) is 0 Å². The van der Waals surface area contributed by atoms with Gasteiger partial charge in [0, 0.05) is 9.79 Å². The number of thioether (sulfide) groups is 2. The van der Waals surface area contributed by atoms with Gasteiger partial charge in [-0.2, -0.15) is 0 Å². The predicted molar refractivity (Wildman–Crippen MR) is 112 cm³/mol. The average Bonchev–Trinajstić information content (AvgIpc) is 2.68. The SMILES string of the molecule is CC(=CSc1ccccc1)C(=Nc1ccccc1)Sc1ccccc1. The number of aliphatic imine (C=N–C) groups is 1. The normalized spacial score (nSPS) is 12.2. The summed E-state index contributed by atoms with van der Waals surface area (Å²) in [6.07, 6.45) is 0. The Bertz CT molecular complexity index is 841. The molecule has 0 saturated carbocycles. The van der Waals surface area contributed by atoms with E-state index in [1.807, 2.05) is 42.5 Å². The fraction of sp³-hybridized carbons (Fsp3) is 0.0455. The van der Waals surface area contributed by atoms with Crippen LogP contribution < -0.4 is 0 Å². The van der Waals surface area contributed by atoms with Gasteiger partial charge in [-0.1, -0.05) is 78.1 Å². The summed E-state index contributed by atoms with van der Waals surface area (Å²) in [4.78, 5) is 7.28. The van der Waals surface area contributed by atoms with Crippen molar-refractivity contribution in [3.05, 3.63) is 102 Å². The number of rotatable bonds is 5. The molecular formula is C22H19NS2. The molecule has 0 aliphatic heterocycles. The zero-order valence-electron chi connectivity index (χ0n) is 14.0. The van der Waals surface area contributed by atoms with Crippen LogP contribution in [0.4, 0.5) is 5.69 Å². The maximum absolute atomic E-state index is 4.86. The molecule has 0 amide bonds. The minimum Gasteiger partial charge on any atom is -0.241 e. The molecule has 0 aliphatic carbocycles. The smallest absolute Gasteiger partial charge is 0.105 e. The molecule has 3 heteroatoms. The summed E-state index contributed by atoms with van der Waals surface area (Å²) in [6, 6.07) is 30.9. The number of hydrogen-bond acceptors (Lipinski definition) is 3. The van der Waals surface area contributed by atoms with Gasteiger partial charge < -0.3 is 0 Å². The molecule has 0 radical (unpaired) electrons. The maximum atomic E-state index is 4.86.